The summed E-state index contributed by atoms with van der Waals surface area (Å²) in [6.07, 6.45) is 0.735. The highest BCUT2D eigenvalue weighted by Gasteiger charge is 2.13. The summed E-state index contributed by atoms with van der Waals surface area (Å²) in [6, 6.07) is 8.33. The number of amides is 1. The van der Waals surface area contributed by atoms with E-state index in [-0.39, 0.29) is 0 Å². The summed E-state index contributed by atoms with van der Waals surface area (Å²) in [5.41, 5.74) is 2.81. The van der Waals surface area contributed by atoms with Gasteiger partial charge in [-0.05, 0) is 35.2 Å². The SMILES string of the molecule is COC(=O)N/N=C\c1ccc(OC(=O)c2cccs2)c(OC)c1. The fourth-order valence-electron chi connectivity index (χ4n) is 1.60. The molecule has 23 heavy (non-hydrogen) atoms. The lowest BCUT2D eigenvalue weighted by molar-refractivity contribution is 0.0734. The Morgan fingerprint density at radius 1 is 1.22 bits per heavy atom. The molecule has 0 aliphatic heterocycles. The van der Waals surface area contributed by atoms with Crippen LogP contribution in [-0.2, 0) is 4.74 Å². The molecule has 0 atom stereocenters. The Morgan fingerprint density at radius 3 is 2.70 bits per heavy atom. The second kappa shape index (κ2) is 7.95. The lowest BCUT2D eigenvalue weighted by Crippen LogP contribution is -2.16. The topological polar surface area (TPSA) is 86.2 Å². The Labute approximate surface area is 136 Å². The van der Waals surface area contributed by atoms with Crippen LogP contribution in [0, 0.1) is 0 Å². The van der Waals surface area contributed by atoms with E-state index in [9.17, 15) is 9.59 Å². The van der Waals surface area contributed by atoms with Gasteiger partial charge in [0.2, 0.25) is 0 Å². The molecule has 0 spiro atoms. The molecule has 1 heterocycles. The Balaban J connectivity index is 2.10. The van der Waals surface area contributed by atoms with Crippen molar-refractivity contribution in [3.8, 4) is 11.5 Å². The maximum Gasteiger partial charge on any atom is 0.427 e. The molecule has 1 aromatic carbocycles. The van der Waals surface area contributed by atoms with Gasteiger partial charge in [-0.1, -0.05) is 6.07 Å². The summed E-state index contributed by atoms with van der Waals surface area (Å²) < 4.78 is 14.9. The number of benzene rings is 1. The number of thiophene rings is 1. The average molecular weight is 334 g/mol. The monoisotopic (exact) mass is 334 g/mol. The van der Waals surface area contributed by atoms with Crippen LogP contribution in [0.4, 0.5) is 4.79 Å². The predicted octanol–water partition coefficient (Wildman–Crippen LogP) is 2.67. The molecule has 1 aromatic heterocycles. The first-order valence-electron chi connectivity index (χ1n) is 6.44. The van der Waals surface area contributed by atoms with Crippen LogP contribution in [0.3, 0.4) is 0 Å². The first kappa shape index (κ1) is 16.5. The summed E-state index contributed by atoms with van der Waals surface area (Å²) in [7, 11) is 2.70. The van der Waals surface area contributed by atoms with Crippen molar-refractivity contribution in [2.45, 2.75) is 0 Å². The molecule has 1 N–H and O–H groups in total. The number of nitrogens with one attached hydrogen (secondary N) is 1. The highest BCUT2D eigenvalue weighted by molar-refractivity contribution is 7.12. The van der Waals surface area contributed by atoms with Crippen molar-refractivity contribution < 1.29 is 23.8 Å². The summed E-state index contributed by atoms with van der Waals surface area (Å²) >= 11 is 1.29. The molecule has 0 unspecified atom stereocenters. The normalized spacial score (nSPS) is 10.3. The molecule has 2 aromatic rings. The number of nitrogens with zero attached hydrogens (tertiary/aromatic N) is 1. The number of ether oxygens (including phenoxy) is 3. The van der Waals surface area contributed by atoms with E-state index in [1.807, 2.05) is 0 Å². The molecule has 1 amide bonds. The first-order valence-corrected chi connectivity index (χ1v) is 7.32. The van der Waals surface area contributed by atoms with Gasteiger partial charge in [-0.15, -0.1) is 11.3 Å². The zero-order valence-electron chi connectivity index (χ0n) is 12.4. The highest BCUT2D eigenvalue weighted by Crippen LogP contribution is 2.28. The van der Waals surface area contributed by atoms with Crippen molar-refractivity contribution in [1.29, 1.82) is 0 Å². The standard InChI is InChI=1S/C15H14N2O5S/c1-20-12-8-10(9-16-17-15(19)21-2)5-6-11(12)22-14(18)13-4-3-7-23-13/h3-9H,1-2H3,(H,17,19)/b16-9-. The minimum Gasteiger partial charge on any atom is -0.493 e. The van der Waals surface area contributed by atoms with Gasteiger partial charge in [0.15, 0.2) is 11.5 Å². The van der Waals surface area contributed by atoms with Gasteiger partial charge in [0.1, 0.15) is 4.88 Å². The number of methoxy groups -OCH3 is 2. The van der Waals surface area contributed by atoms with Crippen molar-refractivity contribution in [2.75, 3.05) is 14.2 Å². The van der Waals surface area contributed by atoms with E-state index >= 15 is 0 Å². The van der Waals surface area contributed by atoms with Gasteiger partial charge >= 0.3 is 12.1 Å². The van der Waals surface area contributed by atoms with E-state index in [0.29, 0.717) is 21.9 Å². The fraction of sp³-hybridized carbons (Fsp3) is 0.133. The van der Waals surface area contributed by atoms with Crippen LogP contribution < -0.4 is 14.9 Å². The number of carbonyl (C=O) groups is 2. The van der Waals surface area contributed by atoms with E-state index in [0.717, 1.165) is 0 Å². The lowest BCUT2D eigenvalue weighted by atomic mass is 10.2. The van der Waals surface area contributed by atoms with Crippen LogP contribution in [0.15, 0.2) is 40.8 Å². The van der Waals surface area contributed by atoms with E-state index < -0.39 is 12.1 Å². The van der Waals surface area contributed by atoms with Crippen molar-refractivity contribution in [3.63, 3.8) is 0 Å². The molecule has 0 saturated heterocycles. The molecule has 0 bridgehead atoms. The molecule has 0 radical (unpaired) electrons. The van der Waals surface area contributed by atoms with Gasteiger partial charge in [0, 0.05) is 0 Å². The molecule has 8 heteroatoms. The second-order valence-electron chi connectivity index (χ2n) is 4.14. The largest absolute Gasteiger partial charge is 0.493 e. The molecule has 7 nitrogen and oxygen atoms in total. The molecule has 0 saturated carbocycles. The second-order valence-corrected chi connectivity index (χ2v) is 5.09. The van der Waals surface area contributed by atoms with E-state index in [1.54, 1.807) is 35.7 Å². The summed E-state index contributed by atoms with van der Waals surface area (Å²) in [5, 5.41) is 5.50. The molecular formula is C15H14N2O5S. The molecular weight excluding hydrogens is 320 g/mol. The number of hydrogen-bond donors (Lipinski definition) is 1. The van der Waals surface area contributed by atoms with E-state index in [1.165, 1.54) is 31.8 Å². The number of carbonyl (C=O) groups excluding carboxylic acids is 2. The van der Waals surface area contributed by atoms with Gasteiger partial charge in [-0.2, -0.15) is 5.10 Å². The predicted molar refractivity (Wildman–Crippen MR) is 85.4 cm³/mol. The first-order chi connectivity index (χ1) is 11.1. The van der Waals surface area contributed by atoms with Gasteiger partial charge in [-0.3, -0.25) is 0 Å². The van der Waals surface area contributed by atoms with E-state index in [2.05, 4.69) is 15.3 Å². The van der Waals surface area contributed by atoms with Gasteiger partial charge in [-0.25, -0.2) is 15.0 Å². The minimum absolute atomic E-state index is 0.295. The summed E-state index contributed by atoms with van der Waals surface area (Å²) in [4.78, 5) is 23.3. The van der Waals surface area contributed by atoms with Gasteiger partial charge in [0.05, 0.1) is 20.4 Å². The quantitative estimate of drug-likeness (QED) is 0.393. The van der Waals surface area contributed by atoms with Gasteiger partial charge < -0.3 is 14.2 Å². The smallest absolute Gasteiger partial charge is 0.427 e. The minimum atomic E-state index is -0.672. The highest BCUT2D eigenvalue weighted by atomic mass is 32.1. The number of hydrazone groups is 1. The molecule has 2 rings (SSSR count). The zero-order valence-corrected chi connectivity index (χ0v) is 13.3. The summed E-state index contributed by atoms with van der Waals surface area (Å²) in [6.45, 7) is 0. The van der Waals surface area contributed by atoms with Crippen LogP contribution in [0.25, 0.3) is 0 Å². The maximum absolute atomic E-state index is 12.0. The average Bonchev–Trinajstić information content (AvgIpc) is 3.10. The number of esters is 1. The van der Waals surface area contributed by atoms with Crippen molar-refractivity contribution in [1.82, 2.24) is 5.43 Å². The molecule has 0 aliphatic rings. The Kier molecular flexibility index (Phi) is 5.70. The third kappa shape index (κ3) is 4.55. The number of hydrogen-bond acceptors (Lipinski definition) is 7. The molecule has 0 aliphatic carbocycles. The lowest BCUT2D eigenvalue weighted by Gasteiger charge is -2.09. The Bertz CT molecular complexity index is 713. The summed E-state index contributed by atoms with van der Waals surface area (Å²) in [5.74, 6) is 0.216. The van der Waals surface area contributed by atoms with Crippen LogP contribution in [0.5, 0.6) is 11.5 Å². The van der Waals surface area contributed by atoms with E-state index in [4.69, 9.17) is 9.47 Å². The Hall–Kier alpha value is -2.87. The van der Waals surface area contributed by atoms with Crippen molar-refractivity contribution >= 4 is 29.6 Å². The zero-order chi connectivity index (χ0) is 16.7. The van der Waals surface area contributed by atoms with Crippen molar-refractivity contribution in [3.05, 3.63) is 46.2 Å². The maximum atomic E-state index is 12.0. The Morgan fingerprint density at radius 2 is 2.04 bits per heavy atom. The van der Waals surface area contributed by atoms with Crippen LogP contribution in [0.1, 0.15) is 15.2 Å². The van der Waals surface area contributed by atoms with Crippen LogP contribution >= 0.6 is 11.3 Å². The van der Waals surface area contributed by atoms with Gasteiger partial charge in [0.25, 0.3) is 0 Å². The third-order valence-electron chi connectivity index (χ3n) is 2.67. The number of rotatable bonds is 5. The molecule has 120 valence electrons. The van der Waals surface area contributed by atoms with Crippen LogP contribution in [-0.4, -0.2) is 32.5 Å². The third-order valence-corrected chi connectivity index (χ3v) is 3.52. The fourth-order valence-corrected chi connectivity index (χ4v) is 2.20. The van der Waals surface area contributed by atoms with Crippen LogP contribution in [0.2, 0.25) is 0 Å². The van der Waals surface area contributed by atoms with Crippen molar-refractivity contribution in [2.24, 2.45) is 5.10 Å². The molecule has 0 fully saturated rings.